The summed E-state index contributed by atoms with van der Waals surface area (Å²) in [7, 11) is 0. The van der Waals surface area contributed by atoms with Crippen molar-refractivity contribution in [2.75, 3.05) is 6.61 Å². The van der Waals surface area contributed by atoms with Crippen LogP contribution in [0, 0.1) is 0 Å². The summed E-state index contributed by atoms with van der Waals surface area (Å²) in [5, 5.41) is 0.656. The van der Waals surface area contributed by atoms with Gasteiger partial charge in [-0.15, -0.1) is 0 Å². The average Bonchev–Trinajstić information content (AvgIpc) is 3.29. The van der Waals surface area contributed by atoms with Crippen molar-refractivity contribution in [3.05, 3.63) is 92.7 Å². The van der Waals surface area contributed by atoms with E-state index in [4.69, 9.17) is 21.1 Å². The Balaban J connectivity index is 1.68. The molecule has 3 aromatic rings. The van der Waals surface area contributed by atoms with E-state index in [2.05, 4.69) is 20.9 Å². The molecule has 0 spiro atoms. The molecule has 32 heavy (non-hydrogen) atoms. The Bertz CT molecular complexity index is 1160. The summed E-state index contributed by atoms with van der Waals surface area (Å²) in [5.74, 6) is 0.379. The fraction of sp³-hybridized carbons (Fsp3) is 0.231. The van der Waals surface area contributed by atoms with Crippen LogP contribution in [-0.2, 0) is 11.3 Å². The lowest BCUT2D eigenvalue weighted by atomic mass is 9.99. The smallest absolute Gasteiger partial charge is 0.356 e. The first kappa shape index (κ1) is 22.6. The highest BCUT2D eigenvalue weighted by Crippen LogP contribution is 2.43. The van der Waals surface area contributed by atoms with Gasteiger partial charge in [0, 0.05) is 15.1 Å². The number of esters is 1. The highest BCUT2D eigenvalue weighted by molar-refractivity contribution is 9.10. The number of ether oxygens (including phenoxy) is 2. The van der Waals surface area contributed by atoms with Crippen molar-refractivity contribution in [3.63, 3.8) is 0 Å². The van der Waals surface area contributed by atoms with Gasteiger partial charge in [-0.1, -0.05) is 45.7 Å². The Labute approximate surface area is 201 Å². The molecule has 0 bridgehead atoms. The molecular formula is C26H23BrClNO3. The van der Waals surface area contributed by atoms with Crippen LogP contribution in [0.15, 0.2) is 65.1 Å². The Hall–Kier alpha value is -2.63. The van der Waals surface area contributed by atoms with Gasteiger partial charge in [-0.2, -0.15) is 0 Å². The molecule has 0 aliphatic heterocycles. The fourth-order valence-electron chi connectivity index (χ4n) is 3.85. The van der Waals surface area contributed by atoms with Gasteiger partial charge in [0.1, 0.15) is 18.1 Å². The molecule has 2 aromatic carbocycles. The minimum absolute atomic E-state index is 0.320. The number of carbonyl (C=O) groups excluding carboxylic acids is 1. The van der Waals surface area contributed by atoms with Crippen LogP contribution in [0.3, 0.4) is 0 Å². The molecular weight excluding hydrogens is 490 g/mol. The molecule has 1 aliphatic rings. The molecule has 0 unspecified atom stereocenters. The van der Waals surface area contributed by atoms with Crippen LogP contribution in [0.5, 0.6) is 5.75 Å². The predicted octanol–water partition coefficient (Wildman–Crippen LogP) is 7.35. The van der Waals surface area contributed by atoms with E-state index in [1.54, 1.807) is 13.0 Å². The summed E-state index contributed by atoms with van der Waals surface area (Å²) < 4.78 is 12.4. The van der Waals surface area contributed by atoms with Gasteiger partial charge in [0.05, 0.1) is 12.3 Å². The molecule has 0 radical (unpaired) electrons. The number of hydrogen-bond acceptors (Lipinski definition) is 4. The van der Waals surface area contributed by atoms with Gasteiger partial charge >= 0.3 is 5.97 Å². The Morgan fingerprint density at radius 3 is 2.62 bits per heavy atom. The molecule has 4 nitrogen and oxygen atoms in total. The minimum atomic E-state index is -0.407. The summed E-state index contributed by atoms with van der Waals surface area (Å²) in [6.45, 7) is 2.57. The second kappa shape index (κ2) is 10.3. The number of nitrogens with zero attached hydrogens (tertiary/aromatic N) is 1. The van der Waals surface area contributed by atoms with Gasteiger partial charge in [-0.05, 0) is 85.4 Å². The summed E-state index contributed by atoms with van der Waals surface area (Å²) in [6.07, 6.45) is 2.79. The second-order valence-corrected chi connectivity index (χ2v) is 8.85. The van der Waals surface area contributed by atoms with Gasteiger partial charge in [-0.25, -0.2) is 9.78 Å². The van der Waals surface area contributed by atoms with Crippen LogP contribution in [-0.4, -0.2) is 17.6 Å². The van der Waals surface area contributed by atoms with Crippen molar-refractivity contribution in [2.24, 2.45) is 0 Å². The molecule has 0 fully saturated rings. The van der Waals surface area contributed by atoms with Crippen molar-refractivity contribution in [1.82, 2.24) is 4.98 Å². The topological polar surface area (TPSA) is 48.4 Å². The summed E-state index contributed by atoms with van der Waals surface area (Å²) in [5.41, 5.74) is 5.45. The lowest BCUT2D eigenvalue weighted by molar-refractivity contribution is 0.0519. The van der Waals surface area contributed by atoms with E-state index in [0.29, 0.717) is 23.9 Å². The average molecular weight is 513 g/mol. The van der Waals surface area contributed by atoms with E-state index in [9.17, 15) is 4.79 Å². The molecule has 0 amide bonds. The van der Waals surface area contributed by atoms with Crippen LogP contribution in [0.4, 0.5) is 0 Å². The van der Waals surface area contributed by atoms with Gasteiger partial charge in [-0.3, -0.25) is 0 Å². The maximum Gasteiger partial charge on any atom is 0.356 e. The minimum Gasteiger partial charge on any atom is -0.488 e. The molecule has 1 heterocycles. The molecule has 6 heteroatoms. The largest absolute Gasteiger partial charge is 0.488 e. The second-order valence-electron chi connectivity index (χ2n) is 7.49. The Morgan fingerprint density at radius 1 is 1.06 bits per heavy atom. The molecule has 4 rings (SSSR count). The first-order valence-corrected chi connectivity index (χ1v) is 11.8. The zero-order valence-corrected chi connectivity index (χ0v) is 20.1. The maximum atomic E-state index is 12.2. The van der Waals surface area contributed by atoms with Crippen molar-refractivity contribution in [1.29, 1.82) is 0 Å². The number of aromatic nitrogens is 1. The van der Waals surface area contributed by atoms with Crippen molar-refractivity contribution >= 4 is 44.6 Å². The molecule has 0 saturated heterocycles. The molecule has 0 saturated carbocycles. The molecule has 1 aliphatic carbocycles. The van der Waals surface area contributed by atoms with Crippen LogP contribution in [0.25, 0.3) is 11.1 Å². The van der Waals surface area contributed by atoms with Gasteiger partial charge in [0.25, 0.3) is 0 Å². The van der Waals surface area contributed by atoms with Crippen LogP contribution in [0.2, 0.25) is 5.02 Å². The Kier molecular flexibility index (Phi) is 7.28. The maximum absolute atomic E-state index is 12.2. The number of halogens is 2. The third-order valence-corrected chi connectivity index (χ3v) is 6.10. The summed E-state index contributed by atoms with van der Waals surface area (Å²) in [4.78, 5) is 16.8. The third-order valence-electron chi connectivity index (χ3n) is 5.34. The van der Waals surface area contributed by atoms with Crippen molar-refractivity contribution in [3.8, 4) is 5.75 Å². The number of rotatable bonds is 7. The normalized spacial score (nSPS) is 13.3. The number of carbonyl (C=O) groups is 1. The lowest BCUT2D eigenvalue weighted by Gasteiger charge is -2.15. The van der Waals surface area contributed by atoms with E-state index in [0.717, 1.165) is 57.5 Å². The van der Waals surface area contributed by atoms with Crippen LogP contribution >= 0.6 is 27.5 Å². The zero-order valence-electron chi connectivity index (χ0n) is 17.7. The number of allylic oxidation sites excluding steroid dienone is 2. The van der Waals surface area contributed by atoms with E-state index in [1.165, 1.54) is 0 Å². The van der Waals surface area contributed by atoms with Crippen LogP contribution in [0.1, 0.15) is 53.5 Å². The monoisotopic (exact) mass is 511 g/mol. The molecule has 164 valence electrons. The standard InChI is InChI=1S/C26H23BrClNO3/c1-2-31-26(30)24-8-4-7-23(29-24)21-6-3-5-20(21)22-15-19(28)13-14-25(22)32-16-17-9-11-18(27)12-10-17/h4,7-15H,2-3,5-6,16H2,1H3. The van der Waals surface area contributed by atoms with Gasteiger partial charge in [0.2, 0.25) is 0 Å². The summed E-state index contributed by atoms with van der Waals surface area (Å²) in [6, 6.07) is 19.3. The summed E-state index contributed by atoms with van der Waals surface area (Å²) >= 11 is 9.83. The molecule has 0 N–H and O–H groups in total. The van der Waals surface area contributed by atoms with Crippen molar-refractivity contribution in [2.45, 2.75) is 32.8 Å². The van der Waals surface area contributed by atoms with E-state index in [-0.39, 0.29) is 0 Å². The first-order chi connectivity index (χ1) is 15.5. The SMILES string of the molecule is CCOC(=O)c1cccc(C2=C(c3cc(Cl)ccc3OCc3ccc(Br)cc3)CCC2)n1. The quantitative estimate of drug-likeness (QED) is 0.311. The highest BCUT2D eigenvalue weighted by atomic mass is 79.9. The number of pyridine rings is 1. The fourth-order valence-corrected chi connectivity index (χ4v) is 4.29. The number of hydrogen-bond donors (Lipinski definition) is 0. The predicted molar refractivity (Wildman–Crippen MR) is 131 cm³/mol. The van der Waals surface area contributed by atoms with E-state index in [1.807, 2.05) is 54.6 Å². The first-order valence-electron chi connectivity index (χ1n) is 10.6. The van der Waals surface area contributed by atoms with E-state index < -0.39 is 5.97 Å². The Morgan fingerprint density at radius 2 is 1.84 bits per heavy atom. The van der Waals surface area contributed by atoms with E-state index >= 15 is 0 Å². The van der Waals surface area contributed by atoms with Gasteiger partial charge in [0.15, 0.2) is 0 Å². The third kappa shape index (κ3) is 5.22. The van der Waals surface area contributed by atoms with Gasteiger partial charge < -0.3 is 9.47 Å². The number of benzene rings is 2. The highest BCUT2D eigenvalue weighted by Gasteiger charge is 2.22. The molecule has 0 atom stereocenters. The van der Waals surface area contributed by atoms with Crippen molar-refractivity contribution < 1.29 is 14.3 Å². The molecule has 1 aromatic heterocycles. The lowest BCUT2D eigenvalue weighted by Crippen LogP contribution is -2.08. The zero-order chi connectivity index (χ0) is 22.5. The van der Waals surface area contributed by atoms with Crippen LogP contribution < -0.4 is 4.74 Å².